The summed E-state index contributed by atoms with van der Waals surface area (Å²) in [5, 5.41) is 4.29. The van der Waals surface area contributed by atoms with E-state index < -0.39 is 9.84 Å². The second-order valence-electron chi connectivity index (χ2n) is 4.90. The molecular formula is C10H15BrN4O2S. The van der Waals surface area contributed by atoms with Gasteiger partial charge in [-0.05, 0) is 35.2 Å². The van der Waals surface area contributed by atoms with Crippen LogP contribution in [0.1, 0.15) is 25.3 Å². The molecule has 0 amide bonds. The standard InChI is InChI=1S/C10H15BrN4O2S/c11-9-12-10(14-4-2-1-3-5-14)15(13-9)8-6-18(16,17)7-8/h8H,1-7H2. The first-order valence-corrected chi connectivity index (χ1v) is 8.74. The van der Waals surface area contributed by atoms with Gasteiger partial charge in [0.25, 0.3) is 0 Å². The van der Waals surface area contributed by atoms with Gasteiger partial charge in [0.2, 0.25) is 10.7 Å². The molecule has 2 aliphatic rings. The van der Waals surface area contributed by atoms with Crippen molar-refractivity contribution in [2.45, 2.75) is 25.3 Å². The van der Waals surface area contributed by atoms with E-state index in [2.05, 4.69) is 30.9 Å². The number of aromatic nitrogens is 3. The molecule has 0 radical (unpaired) electrons. The van der Waals surface area contributed by atoms with Gasteiger partial charge >= 0.3 is 0 Å². The Balaban J connectivity index is 1.85. The maximum atomic E-state index is 11.3. The van der Waals surface area contributed by atoms with Gasteiger partial charge in [-0.25, -0.2) is 13.1 Å². The highest BCUT2D eigenvalue weighted by Crippen LogP contribution is 2.29. The average Bonchev–Trinajstić information content (AvgIpc) is 2.69. The predicted molar refractivity (Wildman–Crippen MR) is 71.5 cm³/mol. The monoisotopic (exact) mass is 334 g/mol. The summed E-state index contributed by atoms with van der Waals surface area (Å²) in [6, 6.07) is -0.0503. The molecule has 0 N–H and O–H groups in total. The van der Waals surface area contributed by atoms with Gasteiger partial charge in [-0.15, -0.1) is 5.10 Å². The van der Waals surface area contributed by atoms with Crippen molar-refractivity contribution >= 4 is 31.7 Å². The minimum Gasteiger partial charge on any atom is -0.341 e. The molecule has 0 aliphatic carbocycles. The number of sulfone groups is 1. The van der Waals surface area contributed by atoms with E-state index in [-0.39, 0.29) is 17.5 Å². The van der Waals surface area contributed by atoms with Crippen molar-refractivity contribution in [3.8, 4) is 0 Å². The maximum Gasteiger partial charge on any atom is 0.225 e. The average molecular weight is 335 g/mol. The largest absolute Gasteiger partial charge is 0.341 e. The van der Waals surface area contributed by atoms with E-state index in [0.29, 0.717) is 4.73 Å². The SMILES string of the molecule is O=S1(=O)CC(n2nc(Br)nc2N2CCCCC2)C1. The lowest BCUT2D eigenvalue weighted by Gasteiger charge is -2.32. The van der Waals surface area contributed by atoms with Crippen LogP contribution < -0.4 is 4.90 Å². The molecule has 3 heterocycles. The topological polar surface area (TPSA) is 68.1 Å². The van der Waals surface area contributed by atoms with Crippen LogP contribution in [0.4, 0.5) is 5.95 Å². The van der Waals surface area contributed by atoms with E-state index >= 15 is 0 Å². The third-order valence-corrected chi connectivity index (χ3v) is 5.59. The van der Waals surface area contributed by atoms with Gasteiger partial charge in [-0.1, -0.05) is 0 Å². The summed E-state index contributed by atoms with van der Waals surface area (Å²) in [6.07, 6.45) is 3.57. The first-order valence-electron chi connectivity index (χ1n) is 6.12. The summed E-state index contributed by atoms with van der Waals surface area (Å²) in [7, 11) is -2.84. The van der Waals surface area contributed by atoms with E-state index in [1.807, 2.05) is 0 Å². The van der Waals surface area contributed by atoms with Crippen LogP contribution in [0.15, 0.2) is 4.73 Å². The second kappa shape index (κ2) is 4.48. The highest BCUT2D eigenvalue weighted by molar-refractivity contribution is 9.10. The fraction of sp³-hybridized carbons (Fsp3) is 0.800. The summed E-state index contributed by atoms with van der Waals surface area (Å²) in [5.74, 6) is 1.18. The number of anilines is 1. The Kier molecular flexibility index (Phi) is 3.09. The first kappa shape index (κ1) is 12.4. The van der Waals surface area contributed by atoms with E-state index in [9.17, 15) is 8.42 Å². The highest BCUT2D eigenvalue weighted by Gasteiger charge is 2.38. The lowest BCUT2D eigenvalue weighted by Crippen LogP contribution is -2.41. The summed E-state index contributed by atoms with van der Waals surface area (Å²) in [5.41, 5.74) is 0. The molecule has 2 saturated heterocycles. The number of nitrogens with zero attached hydrogens (tertiary/aromatic N) is 4. The molecule has 18 heavy (non-hydrogen) atoms. The Morgan fingerprint density at radius 1 is 1.17 bits per heavy atom. The normalized spacial score (nSPS) is 23.9. The van der Waals surface area contributed by atoms with Crippen LogP contribution in [0.3, 0.4) is 0 Å². The van der Waals surface area contributed by atoms with E-state index in [1.165, 1.54) is 6.42 Å². The Morgan fingerprint density at radius 2 is 1.83 bits per heavy atom. The van der Waals surface area contributed by atoms with Gasteiger partial charge in [-0.3, -0.25) is 0 Å². The zero-order chi connectivity index (χ0) is 12.8. The molecule has 0 saturated carbocycles. The molecule has 2 aliphatic heterocycles. The molecule has 0 aromatic carbocycles. The lowest BCUT2D eigenvalue weighted by molar-refractivity contribution is 0.460. The van der Waals surface area contributed by atoms with Crippen LogP contribution in [0.2, 0.25) is 0 Å². The number of hydrogen-bond acceptors (Lipinski definition) is 5. The zero-order valence-corrected chi connectivity index (χ0v) is 12.3. The molecule has 1 aromatic rings. The van der Waals surface area contributed by atoms with Crippen LogP contribution in [-0.4, -0.2) is 47.8 Å². The van der Waals surface area contributed by atoms with Crippen molar-refractivity contribution in [3.63, 3.8) is 0 Å². The molecule has 0 spiro atoms. The Bertz CT molecular complexity index is 538. The van der Waals surface area contributed by atoms with Gasteiger partial charge < -0.3 is 4.90 Å². The molecule has 6 nitrogen and oxygen atoms in total. The van der Waals surface area contributed by atoms with Crippen LogP contribution >= 0.6 is 15.9 Å². The van der Waals surface area contributed by atoms with Crippen molar-refractivity contribution in [1.29, 1.82) is 0 Å². The van der Waals surface area contributed by atoms with Crippen molar-refractivity contribution in [2.75, 3.05) is 29.5 Å². The number of piperidine rings is 1. The van der Waals surface area contributed by atoms with E-state index in [4.69, 9.17) is 0 Å². The van der Waals surface area contributed by atoms with Crippen LogP contribution in [0, 0.1) is 0 Å². The summed E-state index contributed by atoms with van der Waals surface area (Å²) in [6.45, 7) is 1.95. The van der Waals surface area contributed by atoms with Crippen molar-refractivity contribution in [1.82, 2.24) is 14.8 Å². The number of hydrogen-bond donors (Lipinski definition) is 0. The summed E-state index contributed by atoms with van der Waals surface area (Å²) < 4.78 is 24.9. The van der Waals surface area contributed by atoms with Crippen LogP contribution in [0.25, 0.3) is 0 Å². The van der Waals surface area contributed by atoms with Gasteiger partial charge in [0.05, 0.1) is 17.5 Å². The first-order chi connectivity index (χ1) is 8.55. The fourth-order valence-corrected chi connectivity index (χ4v) is 4.21. The zero-order valence-electron chi connectivity index (χ0n) is 9.92. The molecule has 1 aromatic heterocycles. The van der Waals surface area contributed by atoms with Gasteiger partial charge in [0.15, 0.2) is 9.84 Å². The van der Waals surface area contributed by atoms with Gasteiger partial charge in [0.1, 0.15) is 0 Å². The van der Waals surface area contributed by atoms with E-state index in [1.54, 1.807) is 4.68 Å². The molecule has 2 fully saturated rings. The van der Waals surface area contributed by atoms with Crippen LogP contribution in [0.5, 0.6) is 0 Å². The van der Waals surface area contributed by atoms with Crippen molar-refractivity contribution in [3.05, 3.63) is 4.73 Å². The van der Waals surface area contributed by atoms with Crippen molar-refractivity contribution < 1.29 is 8.42 Å². The number of halogens is 1. The Morgan fingerprint density at radius 3 is 2.44 bits per heavy atom. The molecule has 3 rings (SSSR count). The molecule has 0 unspecified atom stereocenters. The van der Waals surface area contributed by atoms with E-state index in [0.717, 1.165) is 31.9 Å². The number of rotatable bonds is 2. The second-order valence-corrected chi connectivity index (χ2v) is 7.77. The third kappa shape index (κ3) is 2.27. The summed E-state index contributed by atoms with van der Waals surface area (Å²) >= 11 is 3.28. The molecule has 100 valence electrons. The molecule has 0 bridgehead atoms. The molecule has 0 atom stereocenters. The maximum absolute atomic E-state index is 11.3. The Hall–Kier alpha value is -0.630. The minimum atomic E-state index is -2.84. The smallest absolute Gasteiger partial charge is 0.225 e. The molecule has 8 heteroatoms. The van der Waals surface area contributed by atoms with Gasteiger partial charge in [-0.2, -0.15) is 4.98 Å². The lowest BCUT2D eigenvalue weighted by atomic mass is 10.1. The van der Waals surface area contributed by atoms with Gasteiger partial charge in [0, 0.05) is 13.1 Å². The fourth-order valence-electron chi connectivity index (χ4n) is 2.52. The predicted octanol–water partition coefficient (Wildman–Crippen LogP) is 1.00. The Labute approximate surface area is 114 Å². The van der Waals surface area contributed by atoms with Crippen molar-refractivity contribution in [2.24, 2.45) is 0 Å². The molecular weight excluding hydrogens is 320 g/mol. The minimum absolute atomic E-state index is 0.0503. The summed E-state index contributed by atoms with van der Waals surface area (Å²) in [4.78, 5) is 6.59. The highest BCUT2D eigenvalue weighted by atomic mass is 79.9. The van der Waals surface area contributed by atoms with Crippen LogP contribution in [-0.2, 0) is 9.84 Å². The third-order valence-electron chi connectivity index (χ3n) is 3.46. The quantitative estimate of drug-likeness (QED) is 0.807.